The Morgan fingerprint density at radius 2 is 1.60 bits per heavy atom. The molecule has 0 atom stereocenters. The Balaban J connectivity index is 1.73. The lowest BCUT2D eigenvalue weighted by Gasteiger charge is -2.21. The SMILES string of the molecule is CCN(CC)c1ccc(NC(=O)c2ncsc2NC(=O)c2c(Cl)cccc2Cl)cc1. The normalized spacial score (nSPS) is 10.5. The van der Waals surface area contributed by atoms with Gasteiger partial charge in [-0.25, -0.2) is 4.98 Å². The number of aromatic nitrogens is 1. The fourth-order valence-electron chi connectivity index (χ4n) is 2.91. The molecule has 0 unspecified atom stereocenters. The molecule has 30 heavy (non-hydrogen) atoms. The van der Waals surface area contributed by atoms with Crippen molar-refractivity contribution in [2.75, 3.05) is 28.6 Å². The van der Waals surface area contributed by atoms with E-state index in [0.29, 0.717) is 10.7 Å². The molecule has 0 saturated heterocycles. The van der Waals surface area contributed by atoms with Gasteiger partial charge in [-0.15, -0.1) is 11.3 Å². The highest BCUT2D eigenvalue weighted by atomic mass is 35.5. The maximum Gasteiger partial charge on any atom is 0.277 e. The van der Waals surface area contributed by atoms with Crippen molar-refractivity contribution in [2.45, 2.75) is 13.8 Å². The van der Waals surface area contributed by atoms with Crippen molar-refractivity contribution in [1.29, 1.82) is 0 Å². The van der Waals surface area contributed by atoms with Gasteiger partial charge in [-0.2, -0.15) is 0 Å². The highest BCUT2D eigenvalue weighted by Crippen LogP contribution is 2.28. The quantitative estimate of drug-likeness (QED) is 0.465. The van der Waals surface area contributed by atoms with Crippen LogP contribution in [0.2, 0.25) is 10.0 Å². The molecule has 0 bridgehead atoms. The summed E-state index contributed by atoms with van der Waals surface area (Å²) in [6, 6.07) is 12.4. The first-order valence-corrected chi connectivity index (χ1v) is 10.9. The van der Waals surface area contributed by atoms with Crippen molar-refractivity contribution in [3.05, 3.63) is 69.3 Å². The highest BCUT2D eigenvalue weighted by molar-refractivity contribution is 7.14. The Kier molecular flexibility index (Phi) is 7.31. The van der Waals surface area contributed by atoms with Crippen molar-refractivity contribution in [2.24, 2.45) is 0 Å². The average Bonchev–Trinajstić information content (AvgIpc) is 3.18. The van der Waals surface area contributed by atoms with E-state index < -0.39 is 11.8 Å². The Hall–Kier alpha value is -2.61. The smallest absolute Gasteiger partial charge is 0.277 e. The van der Waals surface area contributed by atoms with Gasteiger partial charge in [-0.05, 0) is 50.2 Å². The second-order valence-corrected chi connectivity index (χ2v) is 7.92. The van der Waals surface area contributed by atoms with Crippen LogP contribution in [0.4, 0.5) is 16.4 Å². The lowest BCUT2D eigenvalue weighted by atomic mass is 10.2. The minimum atomic E-state index is -0.507. The zero-order valence-electron chi connectivity index (χ0n) is 16.4. The number of hydrogen-bond acceptors (Lipinski definition) is 5. The van der Waals surface area contributed by atoms with Crippen LogP contribution in [0.25, 0.3) is 0 Å². The number of carbonyl (C=O) groups excluding carboxylic acids is 2. The van der Waals surface area contributed by atoms with Crippen molar-refractivity contribution in [3.63, 3.8) is 0 Å². The van der Waals surface area contributed by atoms with Crippen LogP contribution in [-0.2, 0) is 0 Å². The van der Waals surface area contributed by atoms with E-state index in [1.807, 2.05) is 24.3 Å². The predicted molar refractivity (Wildman–Crippen MR) is 124 cm³/mol. The van der Waals surface area contributed by atoms with E-state index in [9.17, 15) is 9.59 Å². The van der Waals surface area contributed by atoms with Crippen molar-refractivity contribution in [3.8, 4) is 0 Å². The summed E-state index contributed by atoms with van der Waals surface area (Å²) in [5.74, 6) is -0.931. The average molecular weight is 463 g/mol. The standard InChI is InChI=1S/C21H20Cl2N4O2S/c1-3-27(4-2)14-10-8-13(9-11-14)25-20(29)18-21(30-12-24-18)26-19(28)17-15(22)6-5-7-16(17)23/h5-12H,3-4H2,1-2H3,(H,25,29)(H,26,28). The Morgan fingerprint density at radius 1 is 0.967 bits per heavy atom. The van der Waals surface area contributed by atoms with E-state index >= 15 is 0 Å². The van der Waals surface area contributed by atoms with Crippen molar-refractivity contribution in [1.82, 2.24) is 4.98 Å². The molecule has 2 N–H and O–H groups in total. The van der Waals surface area contributed by atoms with E-state index in [2.05, 4.69) is 34.4 Å². The Labute approximate surface area is 188 Å². The highest BCUT2D eigenvalue weighted by Gasteiger charge is 2.20. The molecule has 1 aromatic heterocycles. The van der Waals surface area contributed by atoms with Crippen LogP contribution in [0.5, 0.6) is 0 Å². The fraction of sp³-hybridized carbons (Fsp3) is 0.190. The zero-order valence-corrected chi connectivity index (χ0v) is 18.7. The van der Waals surface area contributed by atoms with Gasteiger partial charge in [0.25, 0.3) is 11.8 Å². The Bertz CT molecular complexity index is 1030. The van der Waals surface area contributed by atoms with E-state index in [1.165, 1.54) is 5.51 Å². The number of benzene rings is 2. The molecule has 6 nitrogen and oxygen atoms in total. The van der Waals surface area contributed by atoms with E-state index in [0.717, 1.165) is 30.1 Å². The molecule has 3 rings (SSSR count). The molecule has 0 aliphatic heterocycles. The molecule has 1 heterocycles. The summed E-state index contributed by atoms with van der Waals surface area (Å²) in [7, 11) is 0. The maximum atomic E-state index is 12.7. The van der Waals surface area contributed by atoms with Crippen LogP contribution < -0.4 is 15.5 Å². The summed E-state index contributed by atoms with van der Waals surface area (Å²) >= 11 is 13.3. The largest absolute Gasteiger partial charge is 0.372 e. The maximum absolute atomic E-state index is 12.7. The first-order valence-electron chi connectivity index (χ1n) is 9.29. The van der Waals surface area contributed by atoms with Gasteiger partial charge < -0.3 is 15.5 Å². The number of rotatable bonds is 7. The summed E-state index contributed by atoms with van der Waals surface area (Å²) < 4.78 is 0. The van der Waals surface area contributed by atoms with E-state index in [-0.39, 0.29) is 21.3 Å². The molecule has 0 radical (unpaired) electrons. The van der Waals surface area contributed by atoms with Crippen LogP contribution in [0.15, 0.2) is 48.0 Å². The molecule has 0 saturated carbocycles. The van der Waals surface area contributed by atoms with Gasteiger partial charge in [-0.3, -0.25) is 9.59 Å². The summed E-state index contributed by atoms with van der Waals surface area (Å²) in [4.78, 5) is 31.6. The molecule has 0 spiro atoms. The zero-order chi connectivity index (χ0) is 21.7. The summed E-state index contributed by atoms with van der Waals surface area (Å²) in [5, 5.41) is 6.25. The third-order valence-electron chi connectivity index (χ3n) is 4.45. The van der Waals surface area contributed by atoms with Gasteiger partial charge >= 0.3 is 0 Å². The van der Waals surface area contributed by atoms with E-state index in [1.54, 1.807) is 18.2 Å². The Morgan fingerprint density at radius 3 is 2.20 bits per heavy atom. The number of amides is 2. The number of nitrogens with zero attached hydrogens (tertiary/aromatic N) is 2. The third-order valence-corrected chi connectivity index (χ3v) is 5.83. The molecule has 156 valence electrons. The topological polar surface area (TPSA) is 74.3 Å². The van der Waals surface area contributed by atoms with Crippen LogP contribution in [0.1, 0.15) is 34.7 Å². The van der Waals surface area contributed by atoms with Gasteiger partial charge in [0, 0.05) is 24.5 Å². The minimum absolute atomic E-state index is 0.115. The van der Waals surface area contributed by atoms with Gasteiger partial charge in [-0.1, -0.05) is 29.3 Å². The first-order chi connectivity index (χ1) is 14.4. The lowest BCUT2D eigenvalue weighted by molar-refractivity contribution is 0.102. The van der Waals surface area contributed by atoms with E-state index in [4.69, 9.17) is 23.2 Å². The molecule has 2 aromatic carbocycles. The van der Waals surface area contributed by atoms with Crippen molar-refractivity contribution >= 4 is 62.7 Å². The number of halogens is 2. The fourth-order valence-corrected chi connectivity index (χ4v) is 4.15. The second kappa shape index (κ2) is 9.93. The molecule has 0 fully saturated rings. The van der Waals surface area contributed by atoms with Crippen LogP contribution in [0, 0.1) is 0 Å². The molecule has 2 amide bonds. The van der Waals surface area contributed by atoms with Crippen molar-refractivity contribution < 1.29 is 9.59 Å². The van der Waals surface area contributed by atoms with Gasteiger partial charge in [0.1, 0.15) is 5.00 Å². The number of anilines is 3. The summed E-state index contributed by atoms with van der Waals surface area (Å²) in [6.45, 7) is 5.99. The summed E-state index contributed by atoms with van der Waals surface area (Å²) in [5.41, 5.74) is 3.46. The molecule has 3 aromatic rings. The minimum Gasteiger partial charge on any atom is -0.372 e. The summed E-state index contributed by atoms with van der Waals surface area (Å²) in [6.07, 6.45) is 0. The lowest BCUT2D eigenvalue weighted by Crippen LogP contribution is -2.21. The number of hydrogen-bond donors (Lipinski definition) is 2. The number of thiazole rings is 1. The number of carbonyl (C=O) groups is 2. The van der Waals surface area contributed by atoms with Gasteiger partial charge in [0.2, 0.25) is 0 Å². The number of nitrogens with one attached hydrogen (secondary N) is 2. The molecule has 0 aliphatic carbocycles. The predicted octanol–water partition coefficient (Wildman–Crippen LogP) is 5.80. The molecular weight excluding hydrogens is 443 g/mol. The second-order valence-electron chi connectivity index (χ2n) is 6.25. The monoisotopic (exact) mass is 462 g/mol. The first kappa shape index (κ1) is 22.1. The molecule has 9 heteroatoms. The third kappa shape index (κ3) is 4.92. The molecular formula is C21H20Cl2N4O2S. The van der Waals surface area contributed by atoms with Crippen LogP contribution in [-0.4, -0.2) is 29.9 Å². The van der Waals surface area contributed by atoms with Gasteiger partial charge in [0.05, 0.1) is 21.1 Å². The molecule has 0 aliphatic rings. The van der Waals surface area contributed by atoms with Gasteiger partial charge in [0.15, 0.2) is 5.69 Å². The van der Waals surface area contributed by atoms with Crippen LogP contribution in [0.3, 0.4) is 0 Å². The van der Waals surface area contributed by atoms with Crippen LogP contribution >= 0.6 is 34.5 Å².